The third-order valence-corrected chi connectivity index (χ3v) is 10.8. The summed E-state index contributed by atoms with van der Waals surface area (Å²) in [5.74, 6) is -1.25. The molecule has 254 valence electrons. The standard InChI is InChI=1S/C33H35Cl3F3N3O4S/c1-3-30(32(44)40-24-7-5-4-6-8-24)41(19-22-11-12-23(34)17-29(22)36)31(43)20-42(47(45,46)26-14-9-21(2)10-15-26)25-13-16-28(35)27(18-25)33(37,38)39/h9-18,24,30H,3-8,19-20H2,1-2H3,(H,40,44)/t30-/m0/s1. The van der Waals surface area contributed by atoms with Crippen molar-refractivity contribution in [2.24, 2.45) is 0 Å². The van der Waals surface area contributed by atoms with E-state index in [1.807, 2.05) is 0 Å². The summed E-state index contributed by atoms with van der Waals surface area (Å²) in [6.07, 6.45) is -0.179. The Kier molecular flexibility index (Phi) is 12.1. The van der Waals surface area contributed by atoms with E-state index in [1.54, 1.807) is 26.0 Å². The first-order valence-electron chi connectivity index (χ1n) is 15.1. The van der Waals surface area contributed by atoms with Gasteiger partial charge in [-0.1, -0.05) is 84.8 Å². The molecule has 0 aromatic heterocycles. The maximum Gasteiger partial charge on any atom is 0.417 e. The molecular weight excluding hydrogens is 698 g/mol. The van der Waals surface area contributed by atoms with Gasteiger partial charge in [0.15, 0.2) is 0 Å². The molecule has 14 heteroatoms. The number of halogens is 6. The van der Waals surface area contributed by atoms with Crippen molar-refractivity contribution in [1.82, 2.24) is 10.2 Å². The van der Waals surface area contributed by atoms with Crippen molar-refractivity contribution in [2.45, 2.75) is 82.1 Å². The lowest BCUT2D eigenvalue weighted by Crippen LogP contribution is -2.54. The first-order valence-corrected chi connectivity index (χ1v) is 17.7. The van der Waals surface area contributed by atoms with Gasteiger partial charge in [-0.05, 0) is 74.2 Å². The second-order valence-electron chi connectivity index (χ2n) is 11.5. The number of rotatable bonds is 11. The highest BCUT2D eigenvalue weighted by molar-refractivity contribution is 7.92. The highest BCUT2D eigenvalue weighted by atomic mass is 35.5. The number of nitrogens with one attached hydrogen (secondary N) is 1. The van der Waals surface area contributed by atoms with Crippen LogP contribution in [0.15, 0.2) is 65.6 Å². The van der Waals surface area contributed by atoms with Crippen LogP contribution in [0.5, 0.6) is 0 Å². The van der Waals surface area contributed by atoms with E-state index in [9.17, 15) is 31.2 Å². The zero-order valence-electron chi connectivity index (χ0n) is 25.8. The largest absolute Gasteiger partial charge is 0.417 e. The van der Waals surface area contributed by atoms with E-state index in [0.29, 0.717) is 21.0 Å². The molecule has 1 aliphatic rings. The van der Waals surface area contributed by atoms with Crippen molar-refractivity contribution in [3.8, 4) is 0 Å². The van der Waals surface area contributed by atoms with E-state index in [4.69, 9.17) is 34.8 Å². The van der Waals surface area contributed by atoms with Gasteiger partial charge in [0.1, 0.15) is 12.6 Å². The lowest BCUT2D eigenvalue weighted by atomic mass is 9.95. The van der Waals surface area contributed by atoms with Crippen molar-refractivity contribution in [2.75, 3.05) is 10.8 Å². The number of hydrogen-bond acceptors (Lipinski definition) is 4. The summed E-state index contributed by atoms with van der Waals surface area (Å²) in [4.78, 5) is 29.0. The van der Waals surface area contributed by atoms with Gasteiger partial charge in [-0.15, -0.1) is 0 Å². The summed E-state index contributed by atoms with van der Waals surface area (Å²) in [6.45, 7) is 2.34. The second-order valence-corrected chi connectivity index (χ2v) is 14.6. The molecule has 0 radical (unpaired) electrons. The van der Waals surface area contributed by atoms with Crippen LogP contribution in [0.25, 0.3) is 0 Å². The first-order chi connectivity index (χ1) is 22.1. The molecule has 7 nitrogen and oxygen atoms in total. The Labute approximate surface area is 288 Å². The number of amides is 2. The van der Waals surface area contributed by atoms with Gasteiger partial charge in [0.2, 0.25) is 11.8 Å². The van der Waals surface area contributed by atoms with Crippen molar-refractivity contribution >= 4 is 62.3 Å². The SMILES string of the molecule is CC[C@@H](C(=O)NC1CCCCC1)N(Cc1ccc(Cl)cc1Cl)C(=O)CN(c1ccc(Cl)c(C(F)(F)F)c1)S(=O)(=O)c1ccc(C)cc1. The molecule has 4 rings (SSSR count). The zero-order chi connectivity index (χ0) is 34.5. The highest BCUT2D eigenvalue weighted by Gasteiger charge is 2.37. The number of nitrogens with zero attached hydrogens (tertiary/aromatic N) is 2. The van der Waals surface area contributed by atoms with Gasteiger partial charge in [-0.3, -0.25) is 13.9 Å². The molecule has 0 spiro atoms. The summed E-state index contributed by atoms with van der Waals surface area (Å²) in [5.41, 5.74) is -0.513. The summed E-state index contributed by atoms with van der Waals surface area (Å²) < 4.78 is 70.4. The fraction of sp³-hybridized carbons (Fsp3) is 0.394. The number of anilines is 1. The van der Waals surface area contributed by atoms with E-state index >= 15 is 0 Å². The third-order valence-electron chi connectivity index (χ3n) is 8.12. The Hall–Kier alpha value is -2.99. The molecule has 3 aromatic rings. The lowest BCUT2D eigenvalue weighted by molar-refractivity contribution is -0.140. The Morgan fingerprint density at radius 3 is 2.19 bits per heavy atom. The predicted octanol–water partition coefficient (Wildman–Crippen LogP) is 8.43. The summed E-state index contributed by atoms with van der Waals surface area (Å²) in [6, 6.07) is 11.8. The number of alkyl halides is 3. The number of aryl methyl sites for hydroxylation is 1. The maximum atomic E-state index is 14.3. The summed E-state index contributed by atoms with van der Waals surface area (Å²) in [7, 11) is -4.61. The topological polar surface area (TPSA) is 86.8 Å². The van der Waals surface area contributed by atoms with Crippen molar-refractivity contribution in [3.63, 3.8) is 0 Å². The zero-order valence-corrected chi connectivity index (χ0v) is 28.9. The fourth-order valence-electron chi connectivity index (χ4n) is 5.55. The van der Waals surface area contributed by atoms with E-state index in [2.05, 4.69) is 5.32 Å². The molecule has 1 atom stereocenters. The molecule has 1 aliphatic carbocycles. The molecule has 0 aliphatic heterocycles. The molecule has 0 heterocycles. The lowest BCUT2D eigenvalue weighted by Gasteiger charge is -2.34. The molecule has 47 heavy (non-hydrogen) atoms. The van der Waals surface area contributed by atoms with Crippen LogP contribution in [-0.2, 0) is 32.3 Å². The van der Waals surface area contributed by atoms with Crippen LogP contribution >= 0.6 is 34.8 Å². The van der Waals surface area contributed by atoms with Gasteiger partial charge in [-0.25, -0.2) is 8.42 Å². The molecule has 0 saturated heterocycles. The molecule has 1 fully saturated rings. The predicted molar refractivity (Wildman–Crippen MR) is 178 cm³/mol. The minimum Gasteiger partial charge on any atom is -0.352 e. The number of sulfonamides is 1. The molecule has 1 N–H and O–H groups in total. The van der Waals surface area contributed by atoms with Gasteiger partial charge in [0, 0.05) is 22.6 Å². The van der Waals surface area contributed by atoms with Crippen LogP contribution in [0.3, 0.4) is 0 Å². The van der Waals surface area contributed by atoms with Crippen LogP contribution in [0, 0.1) is 6.92 Å². The van der Waals surface area contributed by atoms with Gasteiger partial charge in [0.25, 0.3) is 10.0 Å². The molecule has 0 unspecified atom stereocenters. The number of hydrogen-bond donors (Lipinski definition) is 1. The van der Waals surface area contributed by atoms with E-state index in [1.165, 1.54) is 35.2 Å². The van der Waals surface area contributed by atoms with Gasteiger partial charge in [-0.2, -0.15) is 13.2 Å². The smallest absolute Gasteiger partial charge is 0.352 e. The minimum atomic E-state index is -4.90. The number of carbonyl (C=O) groups is 2. The molecule has 1 saturated carbocycles. The average molecular weight is 733 g/mol. The molecule has 2 amide bonds. The van der Waals surface area contributed by atoms with Gasteiger partial charge >= 0.3 is 6.18 Å². The normalized spacial score (nSPS) is 14.8. The van der Waals surface area contributed by atoms with E-state index in [0.717, 1.165) is 49.8 Å². The number of carbonyl (C=O) groups excluding carboxylic acids is 2. The fourth-order valence-corrected chi connectivity index (χ4v) is 7.65. The van der Waals surface area contributed by atoms with Gasteiger partial charge < -0.3 is 10.2 Å². The van der Waals surface area contributed by atoms with Crippen molar-refractivity contribution in [1.29, 1.82) is 0 Å². The highest BCUT2D eigenvalue weighted by Crippen LogP contribution is 2.38. The maximum absolute atomic E-state index is 14.3. The third kappa shape index (κ3) is 9.13. The van der Waals surface area contributed by atoms with Crippen LogP contribution in [0.1, 0.15) is 62.1 Å². The molecule has 0 bridgehead atoms. The summed E-state index contributed by atoms with van der Waals surface area (Å²) in [5, 5.41) is 2.96. The van der Waals surface area contributed by atoms with E-state index < -0.39 is 56.9 Å². The molecular formula is C33H35Cl3F3N3O4S. The minimum absolute atomic E-state index is 0.0744. The van der Waals surface area contributed by atoms with Crippen molar-refractivity contribution < 1.29 is 31.2 Å². The van der Waals surface area contributed by atoms with Crippen LogP contribution in [0.2, 0.25) is 15.1 Å². The summed E-state index contributed by atoms with van der Waals surface area (Å²) >= 11 is 18.4. The Morgan fingerprint density at radius 2 is 1.60 bits per heavy atom. The Bertz CT molecular complexity index is 1700. The van der Waals surface area contributed by atoms with Gasteiger partial charge in [0.05, 0.1) is 21.2 Å². The van der Waals surface area contributed by atoms with Crippen molar-refractivity contribution in [3.05, 3.63) is 92.4 Å². The van der Waals surface area contributed by atoms with Crippen LogP contribution in [0.4, 0.5) is 18.9 Å². The quantitative estimate of drug-likeness (QED) is 0.215. The Morgan fingerprint density at radius 1 is 0.936 bits per heavy atom. The average Bonchev–Trinajstić information content (AvgIpc) is 3.01. The number of benzene rings is 3. The monoisotopic (exact) mass is 731 g/mol. The van der Waals surface area contributed by atoms with Crippen LogP contribution < -0.4 is 9.62 Å². The first kappa shape index (κ1) is 36.8. The second kappa shape index (κ2) is 15.5. The van der Waals surface area contributed by atoms with E-state index in [-0.39, 0.29) is 28.9 Å². The van der Waals surface area contributed by atoms with Crippen LogP contribution in [-0.4, -0.2) is 43.8 Å². The Balaban J connectivity index is 1.79. The molecule has 3 aromatic carbocycles.